The van der Waals surface area contributed by atoms with Gasteiger partial charge in [0.2, 0.25) is 11.8 Å². The maximum absolute atomic E-state index is 11.4. The van der Waals surface area contributed by atoms with Crippen LogP contribution < -0.4 is 21.5 Å². The maximum Gasteiger partial charge on any atom is 0.243 e. The maximum atomic E-state index is 11.4. The standard InChI is InChI=1S/C13H19N3O4/c14-10-1-3-11(4-2-10)20-7-5-13(18)16-6-8-19-9-12(15)17/h1-4H,5-9,14H2,(H2,15,17)(H,16,18). The number of hydrogen-bond acceptors (Lipinski definition) is 5. The van der Waals surface area contributed by atoms with Gasteiger partial charge in [0.1, 0.15) is 12.4 Å². The fourth-order valence-corrected chi connectivity index (χ4v) is 1.35. The van der Waals surface area contributed by atoms with Crippen molar-refractivity contribution in [2.75, 3.05) is 32.1 Å². The predicted molar refractivity (Wildman–Crippen MR) is 74.0 cm³/mol. The molecule has 2 amide bonds. The first kappa shape index (κ1) is 15.8. The summed E-state index contributed by atoms with van der Waals surface area (Å²) in [7, 11) is 0. The molecule has 0 saturated carbocycles. The average molecular weight is 281 g/mol. The van der Waals surface area contributed by atoms with Gasteiger partial charge in [0.15, 0.2) is 0 Å². The molecular formula is C13H19N3O4. The van der Waals surface area contributed by atoms with Crippen LogP contribution in [0.5, 0.6) is 5.75 Å². The molecule has 0 heterocycles. The Balaban J connectivity index is 2.05. The molecule has 1 aromatic carbocycles. The number of primary amides is 1. The van der Waals surface area contributed by atoms with E-state index in [0.717, 1.165) is 0 Å². The second kappa shape index (κ2) is 8.76. The second-order valence-corrected chi connectivity index (χ2v) is 4.04. The van der Waals surface area contributed by atoms with Crippen LogP contribution in [0, 0.1) is 0 Å². The largest absolute Gasteiger partial charge is 0.493 e. The van der Waals surface area contributed by atoms with Crippen LogP contribution in [0.15, 0.2) is 24.3 Å². The summed E-state index contributed by atoms with van der Waals surface area (Å²) in [5.41, 5.74) is 11.1. The summed E-state index contributed by atoms with van der Waals surface area (Å²) in [6, 6.07) is 6.94. The molecule has 20 heavy (non-hydrogen) atoms. The first-order valence-corrected chi connectivity index (χ1v) is 6.19. The van der Waals surface area contributed by atoms with Crippen molar-refractivity contribution < 1.29 is 19.1 Å². The van der Waals surface area contributed by atoms with Gasteiger partial charge in [-0.15, -0.1) is 0 Å². The first-order valence-electron chi connectivity index (χ1n) is 6.19. The summed E-state index contributed by atoms with van der Waals surface area (Å²) in [5.74, 6) is -0.0202. The zero-order chi connectivity index (χ0) is 14.8. The van der Waals surface area contributed by atoms with Crippen LogP contribution in [-0.2, 0) is 14.3 Å². The molecule has 0 aliphatic heterocycles. The van der Waals surface area contributed by atoms with E-state index in [-0.39, 0.29) is 32.1 Å². The van der Waals surface area contributed by atoms with E-state index in [1.807, 2.05) is 0 Å². The highest BCUT2D eigenvalue weighted by Crippen LogP contribution is 2.12. The average Bonchev–Trinajstić information content (AvgIpc) is 2.40. The fourth-order valence-electron chi connectivity index (χ4n) is 1.35. The van der Waals surface area contributed by atoms with Crippen molar-refractivity contribution in [2.24, 2.45) is 5.73 Å². The molecule has 7 nitrogen and oxygen atoms in total. The van der Waals surface area contributed by atoms with E-state index in [9.17, 15) is 9.59 Å². The van der Waals surface area contributed by atoms with Crippen LogP contribution in [0.2, 0.25) is 0 Å². The number of carbonyl (C=O) groups is 2. The molecule has 0 radical (unpaired) electrons. The van der Waals surface area contributed by atoms with Crippen LogP contribution in [0.3, 0.4) is 0 Å². The quantitative estimate of drug-likeness (QED) is 0.423. The van der Waals surface area contributed by atoms with Crippen LogP contribution in [-0.4, -0.2) is 38.2 Å². The highest BCUT2D eigenvalue weighted by Gasteiger charge is 2.02. The summed E-state index contributed by atoms with van der Waals surface area (Å²) in [4.78, 5) is 21.8. The Kier molecular flexibility index (Phi) is 6.91. The Morgan fingerprint density at radius 2 is 1.85 bits per heavy atom. The number of nitrogen functional groups attached to an aromatic ring is 1. The van der Waals surface area contributed by atoms with Gasteiger partial charge < -0.3 is 26.3 Å². The summed E-state index contributed by atoms with van der Waals surface area (Å²) in [6.07, 6.45) is 0.236. The molecule has 0 saturated heterocycles. The Bertz CT molecular complexity index is 434. The molecule has 0 aliphatic rings. The van der Waals surface area contributed by atoms with E-state index in [1.165, 1.54) is 0 Å². The molecule has 1 aromatic rings. The number of hydrogen-bond donors (Lipinski definition) is 3. The number of carbonyl (C=O) groups excluding carboxylic acids is 2. The third-order valence-corrected chi connectivity index (χ3v) is 2.29. The van der Waals surface area contributed by atoms with Gasteiger partial charge in [-0.3, -0.25) is 9.59 Å². The molecule has 0 aliphatic carbocycles. The summed E-state index contributed by atoms with van der Waals surface area (Å²) < 4.78 is 10.3. The van der Waals surface area contributed by atoms with Crippen molar-refractivity contribution >= 4 is 17.5 Å². The van der Waals surface area contributed by atoms with E-state index in [0.29, 0.717) is 18.0 Å². The molecule has 0 fully saturated rings. The minimum Gasteiger partial charge on any atom is -0.493 e. The molecule has 7 heteroatoms. The van der Waals surface area contributed by atoms with Gasteiger partial charge >= 0.3 is 0 Å². The Labute approximate surface area is 117 Å². The van der Waals surface area contributed by atoms with Crippen molar-refractivity contribution in [2.45, 2.75) is 6.42 Å². The minimum atomic E-state index is -0.534. The zero-order valence-corrected chi connectivity index (χ0v) is 11.1. The number of benzene rings is 1. The summed E-state index contributed by atoms with van der Waals surface area (Å²) in [5, 5.41) is 2.64. The Morgan fingerprint density at radius 1 is 1.15 bits per heavy atom. The molecule has 0 aromatic heterocycles. The molecule has 0 unspecified atom stereocenters. The van der Waals surface area contributed by atoms with E-state index in [4.69, 9.17) is 20.9 Å². The van der Waals surface area contributed by atoms with E-state index in [2.05, 4.69) is 5.32 Å². The number of ether oxygens (including phenoxy) is 2. The second-order valence-electron chi connectivity index (χ2n) is 4.04. The summed E-state index contributed by atoms with van der Waals surface area (Å²) >= 11 is 0. The highest BCUT2D eigenvalue weighted by molar-refractivity contribution is 5.76. The Morgan fingerprint density at radius 3 is 2.50 bits per heavy atom. The van der Waals surface area contributed by atoms with Gasteiger partial charge in [0, 0.05) is 12.2 Å². The Hall–Kier alpha value is -2.28. The number of nitrogens with one attached hydrogen (secondary N) is 1. The highest BCUT2D eigenvalue weighted by atomic mass is 16.5. The van der Waals surface area contributed by atoms with E-state index in [1.54, 1.807) is 24.3 Å². The molecule has 0 bridgehead atoms. The lowest BCUT2D eigenvalue weighted by atomic mass is 10.3. The normalized spacial score (nSPS) is 10.0. The van der Waals surface area contributed by atoms with Crippen LogP contribution in [0.25, 0.3) is 0 Å². The van der Waals surface area contributed by atoms with Gasteiger partial charge in [-0.25, -0.2) is 0 Å². The monoisotopic (exact) mass is 281 g/mol. The molecule has 0 atom stereocenters. The van der Waals surface area contributed by atoms with Gasteiger partial charge in [0.25, 0.3) is 0 Å². The third kappa shape index (κ3) is 7.22. The smallest absolute Gasteiger partial charge is 0.243 e. The topological polar surface area (TPSA) is 117 Å². The van der Waals surface area contributed by atoms with Gasteiger partial charge in [0.05, 0.1) is 19.6 Å². The lowest BCUT2D eigenvalue weighted by Gasteiger charge is -2.07. The van der Waals surface area contributed by atoms with E-state index < -0.39 is 5.91 Å². The van der Waals surface area contributed by atoms with Gasteiger partial charge in [-0.1, -0.05) is 0 Å². The molecule has 110 valence electrons. The number of amides is 2. The van der Waals surface area contributed by atoms with Gasteiger partial charge in [-0.2, -0.15) is 0 Å². The van der Waals surface area contributed by atoms with Crippen molar-refractivity contribution in [1.29, 1.82) is 0 Å². The van der Waals surface area contributed by atoms with Crippen molar-refractivity contribution in [3.63, 3.8) is 0 Å². The van der Waals surface area contributed by atoms with Gasteiger partial charge in [-0.05, 0) is 24.3 Å². The minimum absolute atomic E-state index is 0.143. The van der Waals surface area contributed by atoms with Crippen LogP contribution >= 0.6 is 0 Å². The summed E-state index contributed by atoms with van der Waals surface area (Å²) in [6.45, 7) is 0.704. The van der Waals surface area contributed by atoms with Crippen molar-refractivity contribution in [3.05, 3.63) is 24.3 Å². The SMILES string of the molecule is NC(=O)COCCNC(=O)CCOc1ccc(N)cc1. The first-order chi connectivity index (χ1) is 9.58. The van der Waals surface area contributed by atoms with Crippen molar-refractivity contribution in [3.8, 4) is 5.75 Å². The third-order valence-electron chi connectivity index (χ3n) is 2.29. The zero-order valence-electron chi connectivity index (χ0n) is 11.1. The number of anilines is 1. The van der Waals surface area contributed by atoms with Crippen LogP contribution in [0.1, 0.15) is 6.42 Å². The molecule has 5 N–H and O–H groups in total. The molecule has 1 rings (SSSR count). The van der Waals surface area contributed by atoms with Crippen molar-refractivity contribution in [1.82, 2.24) is 5.32 Å². The fraction of sp³-hybridized carbons (Fsp3) is 0.385. The lowest BCUT2D eigenvalue weighted by Crippen LogP contribution is -2.29. The number of rotatable bonds is 9. The lowest BCUT2D eigenvalue weighted by molar-refractivity contribution is -0.122. The molecule has 0 spiro atoms. The predicted octanol–water partition coefficient (Wildman–Crippen LogP) is -0.344. The number of nitrogens with two attached hydrogens (primary N) is 2. The molecular weight excluding hydrogens is 262 g/mol. The van der Waals surface area contributed by atoms with Crippen LogP contribution in [0.4, 0.5) is 5.69 Å². The van der Waals surface area contributed by atoms with E-state index >= 15 is 0 Å².